The molecule has 1 fully saturated rings. The molecule has 1 amide bonds. The second-order valence-corrected chi connectivity index (χ2v) is 5.07. The highest BCUT2D eigenvalue weighted by Gasteiger charge is 2.28. The normalized spacial score (nSPS) is 24.8. The molecule has 0 aromatic carbocycles. The molecule has 0 radical (unpaired) electrons. The van der Waals surface area contributed by atoms with E-state index in [1.165, 1.54) is 19.3 Å². The van der Waals surface area contributed by atoms with Crippen LogP contribution in [-0.2, 0) is 4.79 Å². The number of piperidine rings is 1. The fourth-order valence-corrected chi connectivity index (χ4v) is 2.33. The van der Waals surface area contributed by atoms with E-state index in [1.807, 2.05) is 6.92 Å². The molecule has 1 rings (SSSR count). The number of nitrogens with zero attached hydrogens (tertiary/aromatic N) is 1. The third kappa shape index (κ3) is 2.72. The van der Waals surface area contributed by atoms with Crippen LogP contribution in [0.1, 0.15) is 46.0 Å². The van der Waals surface area contributed by atoms with E-state index in [2.05, 4.69) is 27.8 Å². The zero-order chi connectivity index (χ0) is 10.6. The van der Waals surface area contributed by atoms with Gasteiger partial charge in [0, 0.05) is 12.6 Å². The molecule has 14 heavy (non-hydrogen) atoms. The largest absolute Gasteiger partial charge is 0.339 e. The van der Waals surface area contributed by atoms with Crippen LogP contribution in [-0.4, -0.2) is 28.2 Å². The maximum absolute atomic E-state index is 12.0. The average molecular weight is 262 g/mol. The average Bonchev–Trinajstić information content (AvgIpc) is 2.26. The molecular weight excluding hydrogens is 242 g/mol. The Morgan fingerprint density at radius 3 is 2.79 bits per heavy atom. The standard InChI is InChI=1S/C11H20BrNO/c1-3-9-7-5-6-8-13(9)11(14)10(12)4-2/h9-10H,3-8H2,1-2H3. The fourth-order valence-electron chi connectivity index (χ4n) is 2.07. The van der Waals surface area contributed by atoms with Crippen LogP contribution < -0.4 is 0 Å². The van der Waals surface area contributed by atoms with Gasteiger partial charge in [-0.05, 0) is 32.1 Å². The van der Waals surface area contributed by atoms with Gasteiger partial charge in [-0.1, -0.05) is 29.8 Å². The van der Waals surface area contributed by atoms with Gasteiger partial charge in [-0.25, -0.2) is 0 Å². The van der Waals surface area contributed by atoms with Crippen LogP contribution in [0.4, 0.5) is 0 Å². The van der Waals surface area contributed by atoms with Crippen LogP contribution >= 0.6 is 15.9 Å². The van der Waals surface area contributed by atoms with E-state index in [4.69, 9.17) is 0 Å². The summed E-state index contributed by atoms with van der Waals surface area (Å²) in [6.45, 7) is 5.17. The van der Waals surface area contributed by atoms with Gasteiger partial charge in [0.25, 0.3) is 0 Å². The molecule has 0 saturated carbocycles. The summed E-state index contributed by atoms with van der Waals surface area (Å²) in [4.78, 5) is 14.1. The first kappa shape index (κ1) is 12.0. The fraction of sp³-hybridized carbons (Fsp3) is 0.909. The van der Waals surface area contributed by atoms with Gasteiger partial charge in [0.05, 0.1) is 4.83 Å². The predicted molar refractivity (Wildman–Crippen MR) is 62.6 cm³/mol. The van der Waals surface area contributed by atoms with Crippen molar-refractivity contribution in [3.63, 3.8) is 0 Å². The van der Waals surface area contributed by atoms with Crippen molar-refractivity contribution < 1.29 is 4.79 Å². The lowest BCUT2D eigenvalue weighted by molar-refractivity contribution is -0.134. The Labute approximate surface area is 95.2 Å². The van der Waals surface area contributed by atoms with Crippen LogP contribution in [0.2, 0.25) is 0 Å². The van der Waals surface area contributed by atoms with Crippen molar-refractivity contribution in [3.8, 4) is 0 Å². The number of carbonyl (C=O) groups excluding carboxylic acids is 1. The second-order valence-electron chi connectivity index (χ2n) is 3.97. The van der Waals surface area contributed by atoms with Gasteiger partial charge in [-0.3, -0.25) is 4.79 Å². The summed E-state index contributed by atoms with van der Waals surface area (Å²) in [7, 11) is 0. The number of alkyl halides is 1. The number of halogens is 1. The molecule has 1 saturated heterocycles. The number of amides is 1. The number of rotatable bonds is 3. The van der Waals surface area contributed by atoms with Gasteiger partial charge in [0.15, 0.2) is 0 Å². The Kier molecular flexibility index (Phi) is 4.93. The number of hydrogen-bond acceptors (Lipinski definition) is 1. The minimum atomic E-state index is 0.0228. The third-order valence-corrected chi connectivity index (χ3v) is 4.05. The smallest absolute Gasteiger partial charge is 0.236 e. The van der Waals surface area contributed by atoms with Crippen molar-refractivity contribution >= 4 is 21.8 Å². The summed E-state index contributed by atoms with van der Waals surface area (Å²) in [5.74, 6) is 0.291. The van der Waals surface area contributed by atoms with Crippen molar-refractivity contribution in [2.45, 2.75) is 56.8 Å². The molecule has 82 valence electrons. The molecule has 0 bridgehead atoms. The van der Waals surface area contributed by atoms with Gasteiger partial charge in [-0.2, -0.15) is 0 Å². The molecule has 2 atom stereocenters. The molecular formula is C11H20BrNO. The number of likely N-dealkylation sites (tertiary alicyclic amines) is 1. The van der Waals surface area contributed by atoms with E-state index in [-0.39, 0.29) is 4.83 Å². The van der Waals surface area contributed by atoms with Crippen LogP contribution in [0.3, 0.4) is 0 Å². The quantitative estimate of drug-likeness (QED) is 0.716. The van der Waals surface area contributed by atoms with Crippen molar-refractivity contribution in [1.29, 1.82) is 0 Å². The molecule has 0 aliphatic carbocycles. The van der Waals surface area contributed by atoms with Crippen LogP contribution in [0.25, 0.3) is 0 Å². The first-order chi connectivity index (χ1) is 6.70. The summed E-state index contributed by atoms with van der Waals surface area (Å²) in [6, 6.07) is 0.489. The Morgan fingerprint density at radius 1 is 1.50 bits per heavy atom. The van der Waals surface area contributed by atoms with Crippen LogP contribution in [0, 0.1) is 0 Å². The highest BCUT2D eigenvalue weighted by atomic mass is 79.9. The van der Waals surface area contributed by atoms with Gasteiger partial charge in [0.2, 0.25) is 5.91 Å². The topological polar surface area (TPSA) is 20.3 Å². The van der Waals surface area contributed by atoms with E-state index >= 15 is 0 Å². The van der Waals surface area contributed by atoms with E-state index in [1.54, 1.807) is 0 Å². The van der Waals surface area contributed by atoms with Crippen molar-refractivity contribution in [2.24, 2.45) is 0 Å². The molecule has 3 heteroatoms. The van der Waals surface area contributed by atoms with Crippen molar-refractivity contribution in [1.82, 2.24) is 4.90 Å². The lowest BCUT2D eigenvalue weighted by atomic mass is 9.99. The SMILES string of the molecule is CCC(Br)C(=O)N1CCCCC1CC. The molecule has 0 aromatic heterocycles. The highest BCUT2D eigenvalue weighted by Crippen LogP contribution is 2.22. The summed E-state index contributed by atoms with van der Waals surface area (Å²) in [6.07, 6.45) is 5.61. The minimum absolute atomic E-state index is 0.0228. The van der Waals surface area contributed by atoms with E-state index in [0.29, 0.717) is 11.9 Å². The Morgan fingerprint density at radius 2 is 2.21 bits per heavy atom. The molecule has 2 unspecified atom stereocenters. The van der Waals surface area contributed by atoms with Gasteiger partial charge in [-0.15, -0.1) is 0 Å². The van der Waals surface area contributed by atoms with Crippen molar-refractivity contribution in [2.75, 3.05) is 6.54 Å². The third-order valence-electron chi connectivity index (χ3n) is 3.01. The summed E-state index contributed by atoms with van der Waals surface area (Å²) in [5, 5.41) is 0. The Hall–Kier alpha value is -0.0500. The molecule has 1 aliphatic rings. The Balaban J connectivity index is 2.58. The summed E-state index contributed by atoms with van der Waals surface area (Å²) >= 11 is 3.44. The van der Waals surface area contributed by atoms with E-state index in [9.17, 15) is 4.79 Å². The molecule has 1 aliphatic heterocycles. The van der Waals surface area contributed by atoms with E-state index < -0.39 is 0 Å². The van der Waals surface area contributed by atoms with Gasteiger partial charge in [0.1, 0.15) is 0 Å². The maximum atomic E-state index is 12.0. The monoisotopic (exact) mass is 261 g/mol. The molecule has 0 aromatic rings. The Bertz CT molecular complexity index is 196. The zero-order valence-corrected chi connectivity index (χ0v) is 10.7. The maximum Gasteiger partial charge on any atom is 0.236 e. The van der Waals surface area contributed by atoms with Crippen molar-refractivity contribution in [3.05, 3.63) is 0 Å². The first-order valence-electron chi connectivity index (χ1n) is 5.65. The molecule has 1 heterocycles. The lowest BCUT2D eigenvalue weighted by Gasteiger charge is -2.36. The first-order valence-corrected chi connectivity index (χ1v) is 6.56. The minimum Gasteiger partial charge on any atom is -0.339 e. The van der Waals surface area contributed by atoms with Crippen LogP contribution in [0.5, 0.6) is 0 Å². The predicted octanol–water partition coefficient (Wildman–Crippen LogP) is 2.95. The number of hydrogen-bond donors (Lipinski definition) is 0. The summed E-state index contributed by atoms with van der Waals surface area (Å²) in [5.41, 5.74) is 0. The van der Waals surface area contributed by atoms with Crippen LogP contribution in [0.15, 0.2) is 0 Å². The summed E-state index contributed by atoms with van der Waals surface area (Å²) < 4.78 is 0. The molecule has 0 spiro atoms. The number of carbonyl (C=O) groups is 1. The molecule has 2 nitrogen and oxygen atoms in total. The van der Waals surface area contributed by atoms with Gasteiger partial charge >= 0.3 is 0 Å². The van der Waals surface area contributed by atoms with E-state index in [0.717, 1.165) is 19.4 Å². The van der Waals surface area contributed by atoms with Gasteiger partial charge < -0.3 is 4.90 Å². The zero-order valence-electron chi connectivity index (χ0n) is 9.13. The highest BCUT2D eigenvalue weighted by molar-refractivity contribution is 9.10. The second kappa shape index (κ2) is 5.74. The lowest BCUT2D eigenvalue weighted by Crippen LogP contribution is -2.46. The molecule has 0 N–H and O–H groups in total.